The number of amides is 1. The Balaban J connectivity index is 2.25. The molecule has 0 unspecified atom stereocenters. The highest BCUT2D eigenvalue weighted by Crippen LogP contribution is 2.30. The number of carbonyl (C=O) groups is 1. The first-order valence-electron chi connectivity index (χ1n) is 7.90. The molecule has 0 atom stereocenters. The number of carbonyl (C=O) groups excluding carboxylic acids is 1. The summed E-state index contributed by atoms with van der Waals surface area (Å²) >= 11 is 0. The Kier molecular flexibility index (Phi) is 5.84. The Hall–Kier alpha value is -2.55. The van der Waals surface area contributed by atoms with Gasteiger partial charge in [-0.25, -0.2) is 8.42 Å². The number of hydrogen-bond acceptors (Lipinski definition) is 3. The standard InChI is InChI=1S/C18H19F3N2O3S/c1-12-7-8-16(13(2)9-12)23(27(3,25)26)11-17(24)22-15-6-4-5-14(10-15)18(19,20)21/h4-10H,11H2,1-3H3,(H,22,24). The maximum absolute atomic E-state index is 12.8. The van der Waals surface area contributed by atoms with Crippen LogP contribution < -0.4 is 9.62 Å². The summed E-state index contributed by atoms with van der Waals surface area (Å²) in [7, 11) is -3.78. The maximum atomic E-state index is 12.8. The molecule has 0 aliphatic carbocycles. The highest BCUT2D eigenvalue weighted by Gasteiger charge is 2.30. The topological polar surface area (TPSA) is 66.5 Å². The second kappa shape index (κ2) is 7.59. The molecule has 0 fully saturated rings. The van der Waals surface area contributed by atoms with Crippen LogP contribution in [-0.4, -0.2) is 27.1 Å². The Morgan fingerprint density at radius 3 is 2.33 bits per heavy atom. The normalized spacial score (nSPS) is 11.9. The molecule has 9 heteroatoms. The van der Waals surface area contributed by atoms with Crippen molar-refractivity contribution < 1.29 is 26.4 Å². The molecule has 1 amide bonds. The molecule has 0 heterocycles. The number of sulfonamides is 1. The minimum Gasteiger partial charge on any atom is -0.325 e. The predicted molar refractivity (Wildman–Crippen MR) is 98.2 cm³/mol. The van der Waals surface area contributed by atoms with Crippen molar-refractivity contribution in [1.29, 1.82) is 0 Å². The molecule has 2 aromatic rings. The van der Waals surface area contributed by atoms with Crippen LogP contribution in [0.25, 0.3) is 0 Å². The lowest BCUT2D eigenvalue weighted by Crippen LogP contribution is -2.37. The lowest BCUT2D eigenvalue weighted by Gasteiger charge is -2.24. The number of nitrogens with one attached hydrogen (secondary N) is 1. The van der Waals surface area contributed by atoms with Crippen molar-refractivity contribution in [2.24, 2.45) is 0 Å². The van der Waals surface area contributed by atoms with E-state index >= 15 is 0 Å². The highest BCUT2D eigenvalue weighted by molar-refractivity contribution is 7.92. The van der Waals surface area contributed by atoms with E-state index in [-0.39, 0.29) is 5.69 Å². The lowest BCUT2D eigenvalue weighted by atomic mass is 10.1. The van der Waals surface area contributed by atoms with E-state index in [0.29, 0.717) is 11.3 Å². The van der Waals surface area contributed by atoms with Gasteiger partial charge in [-0.05, 0) is 43.7 Å². The summed E-state index contributed by atoms with van der Waals surface area (Å²) in [5, 5.41) is 2.31. The quantitative estimate of drug-likeness (QED) is 0.832. The number of nitrogens with zero attached hydrogens (tertiary/aromatic N) is 1. The van der Waals surface area contributed by atoms with E-state index in [2.05, 4.69) is 5.32 Å². The van der Waals surface area contributed by atoms with Crippen molar-refractivity contribution in [2.75, 3.05) is 22.4 Å². The molecule has 0 aliphatic rings. The third-order valence-corrected chi connectivity index (χ3v) is 4.91. The number of rotatable bonds is 5. The van der Waals surface area contributed by atoms with Gasteiger partial charge in [0.1, 0.15) is 6.54 Å². The molecule has 0 spiro atoms. The first-order chi connectivity index (χ1) is 12.4. The van der Waals surface area contributed by atoms with Crippen LogP contribution in [0, 0.1) is 13.8 Å². The Morgan fingerprint density at radius 1 is 1.11 bits per heavy atom. The fraction of sp³-hybridized carbons (Fsp3) is 0.278. The number of benzene rings is 2. The Morgan fingerprint density at radius 2 is 1.78 bits per heavy atom. The van der Waals surface area contributed by atoms with Crippen LogP contribution in [0.4, 0.5) is 24.5 Å². The smallest absolute Gasteiger partial charge is 0.325 e. The van der Waals surface area contributed by atoms with Gasteiger partial charge in [0.15, 0.2) is 0 Å². The fourth-order valence-electron chi connectivity index (χ4n) is 2.57. The maximum Gasteiger partial charge on any atom is 0.416 e. The molecular weight excluding hydrogens is 381 g/mol. The molecule has 0 aromatic heterocycles. The van der Waals surface area contributed by atoms with Crippen molar-refractivity contribution in [1.82, 2.24) is 0 Å². The van der Waals surface area contributed by atoms with Crippen LogP contribution in [0.15, 0.2) is 42.5 Å². The Bertz CT molecular complexity index is 957. The van der Waals surface area contributed by atoms with Gasteiger partial charge in [0.25, 0.3) is 0 Å². The van der Waals surface area contributed by atoms with Gasteiger partial charge < -0.3 is 5.32 Å². The molecule has 5 nitrogen and oxygen atoms in total. The third kappa shape index (κ3) is 5.46. The van der Waals surface area contributed by atoms with Crippen molar-refractivity contribution in [3.63, 3.8) is 0 Å². The van der Waals surface area contributed by atoms with E-state index in [1.54, 1.807) is 25.1 Å². The van der Waals surface area contributed by atoms with Crippen molar-refractivity contribution in [3.05, 3.63) is 59.2 Å². The average molecular weight is 400 g/mol. The number of hydrogen-bond donors (Lipinski definition) is 1. The third-order valence-electron chi connectivity index (χ3n) is 3.78. The molecule has 2 rings (SSSR count). The van der Waals surface area contributed by atoms with Gasteiger partial charge in [-0.1, -0.05) is 23.8 Å². The SMILES string of the molecule is Cc1ccc(N(CC(=O)Nc2cccc(C(F)(F)F)c2)S(C)(=O)=O)c(C)c1. The summed E-state index contributed by atoms with van der Waals surface area (Å²) in [5.41, 5.74) is 0.950. The van der Waals surface area contributed by atoms with Gasteiger partial charge >= 0.3 is 6.18 Å². The number of halogens is 3. The largest absolute Gasteiger partial charge is 0.416 e. The molecular formula is C18H19F3N2O3S. The van der Waals surface area contributed by atoms with Crippen LogP contribution >= 0.6 is 0 Å². The zero-order valence-electron chi connectivity index (χ0n) is 15.0. The summed E-state index contributed by atoms with van der Waals surface area (Å²) < 4.78 is 63.5. The average Bonchev–Trinajstić information content (AvgIpc) is 2.52. The molecule has 0 aliphatic heterocycles. The van der Waals surface area contributed by atoms with Crippen molar-refractivity contribution in [2.45, 2.75) is 20.0 Å². The first kappa shape index (κ1) is 20.8. The molecule has 0 saturated carbocycles. The zero-order chi connectivity index (χ0) is 20.4. The van der Waals surface area contributed by atoms with E-state index in [4.69, 9.17) is 0 Å². The van der Waals surface area contributed by atoms with Gasteiger partial charge in [-0.15, -0.1) is 0 Å². The molecule has 0 bridgehead atoms. The second-order valence-electron chi connectivity index (χ2n) is 6.19. The number of anilines is 2. The predicted octanol–water partition coefficient (Wildman–Crippen LogP) is 3.73. The molecule has 2 aromatic carbocycles. The van der Waals surface area contributed by atoms with Gasteiger partial charge in [-0.3, -0.25) is 9.10 Å². The number of aryl methyl sites for hydroxylation is 2. The van der Waals surface area contributed by atoms with Crippen LogP contribution in [0.2, 0.25) is 0 Å². The summed E-state index contributed by atoms with van der Waals surface area (Å²) in [6.45, 7) is 3.01. The minimum absolute atomic E-state index is 0.0658. The summed E-state index contributed by atoms with van der Waals surface area (Å²) in [6.07, 6.45) is -3.58. The minimum atomic E-state index is -4.54. The van der Waals surface area contributed by atoms with E-state index in [9.17, 15) is 26.4 Å². The fourth-order valence-corrected chi connectivity index (χ4v) is 3.48. The highest BCUT2D eigenvalue weighted by atomic mass is 32.2. The van der Waals surface area contributed by atoms with Gasteiger partial charge in [-0.2, -0.15) is 13.2 Å². The van der Waals surface area contributed by atoms with Crippen LogP contribution in [-0.2, 0) is 21.0 Å². The van der Waals surface area contributed by atoms with Gasteiger partial charge in [0.2, 0.25) is 15.9 Å². The summed E-state index contributed by atoms with van der Waals surface area (Å²) in [5.74, 6) is -0.750. The van der Waals surface area contributed by atoms with E-state index in [1.807, 2.05) is 6.92 Å². The van der Waals surface area contributed by atoms with E-state index in [0.717, 1.165) is 34.3 Å². The Labute approximate surface area is 155 Å². The van der Waals surface area contributed by atoms with Crippen LogP contribution in [0.5, 0.6) is 0 Å². The number of alkyl halides is 3. The molecule has 1 N–H and O–H groups in total. The lowest BCUT2D eigenvalue weighted by molar-refractivity contribution is -0.137. The van der Waals surface area contributed by atoms with Crippen molar-refractivity contribution in [3.8, 4) is 0 Å². The summed E-state index contributed by atoms with van der Waals surface area (Å²) in [6, 6.07) is 9.21. The first-order valence-corrected chi connectivity index (χ1v) is 9.75. The molecule has 0 radical (unpaired) electrons. The molecule has 27 heavy (non-hydrogen) atoms. The van der Waals surface area contributed by atoms with E-state index < -0.39 is 34.2 Å². The van der Waals surface area contributed by atoms with Gasteiger partial charge in [0, 0.05) is 5.69 Å². The zero-order valence-corrected chi connectivity index (χ0v) is 15.8. The monoisotopic (exact) mass is 400 g/mol. The van der Waals surface area contributed by atoms with Crippen LogP contribution in [0.1, 0.15) is 16.7 Å². The van der Waals surface area contributed by atoms with E-state index in [1.165, 1.54) is 6.07 Å². The van der Waals surface area contributed by atoms with Crippen molar-refractivity contribution >= 4 is 27.3 Å². The second-order valence-corrected chi connectivity index (χ2v) is 8.09. The van der Waals surface area contributed by atoms with Gasteiger partial charge in [0.05, 0.1) is 17.5 Å². The molecule has 0 saturated heterocycles. The summed E-state index contributed by atoms with van der Waals surface area (Å²) in [4.78, 5) is 12.3. The molecule has 146 valence electrons. The van der Waals surface area contributed by atoms with Crippen LogP contribution in [0.3, 0.4) is 0 Å².